The van der Waals surface area contributed by atoms with Crippen LogP contribution in [0.15, 0.2) is 18.2 Å². The van der Waals surface area contributed by atoms with Crippen molar-refractivity contribution in [2.24, 2.45) is 11.7 Å². The van der Waals surface area contributed by atoms with E-state index in [1.165, 1.54) is 12.8 Å². The Balaban J connectivity index is 2.35. The van der Waals surface area contributed by atoms with Gasteiger partial charge in [0.05, 0.1) is 14.2 Å². The molecular weight excluding hydrogens is 202 g/mol. The van der Waals surface area contributed by atoms with Gasteiger partial charge < -0.3 is 15.2 Å². The van der Waals surface area contributed by atoms with Crippen LogP contribution in [0.2, 0.25) is 0 Å². The summed E-state index contributed by atoms with van der Waals surface area (Å²) in [6.45, 7) is 2.09. The zero-order chi connectivity index (χ0) is 11.8. The van der Waals surface area contributed by atoms with Gasteiger partial charge >= 0.3 is 0 Å². The van der Waals surface area contributed by atoms with E-state index in [0.717, 1.165) is 17.1 Å². The van der Waals surface area contributed by atoms with Crippen LogP contribution in [0.5, 0.6) is 11.5 Å². The molecule has 1 saturated carbocycles. The van der Waals surface area contributed by atoms with Crippen molar-refractivity contribution in [1.29, 1.82) is 0 Å². The fourth-order valence-corrected chi connectivity index (χ4v) is 2.09. The summed E-state index contributed by atoms with van der Waals surface area (Å²) in [5.41, 5.74) is 7.23. The van der Waals surface area contributed by atoms with E-state index in [1.54, 1.807) is 14.2 Å². The highest BCUT2D eigenvalue weighted by Gasteiger charge is 2.39. The summed E-state index contributed by atoms with van der Waals surface area (Å²) < 4.78 is 10.5. The summed E-state index contributed by atoms with van der Waals surface area (Å²) in [5, 5.41) is 0. The molecule has 1 aliphatic rings. The molecule has 3 heteroatoms. The van der Waals surface area contributed by atoms with E-state index in [-0.39, 0.29) is 5.54 Å². The van der Waals surface area contributed by atoms with E-state index >= 15 is 0 Å². The highest BCUT2D eigenvalue weighted by atomic mass is 16.5. The Hall–Kier alpha value is -1.22. The van der Waals surface area contributed by atoms with Crippen molar-refractivity contribution in [2.75, 3.05) is 14.2 Å². The minimum absolute atomic E-state index is 0.250. The lowest BCUT2D eigenvalue weighted by molar-refractivity contribution is 0.351. The van der Waals surface area contributed by atoms with E-state index in [9.17, 15) is 0 Å². The topological polar surface area (TPSA) is 44.5 Å². The smallest absolute Gasteiger partial charge is 0.161 e. The highest BCUT2D eigenvalue weighted by Crippen LogP contribution is 2.45. The predicted molar refractivity (Wildman–Crippen MR) is 63.8 cm³/mol. The van der Waals surface area contributed by atoms with Crippen molar-refractivity contribution in [3.8, 4) is 11.5 Å². The van der Waals surface area contributed by atoms with Crippen LogP contribution in [0, 0.1) is 5.92 Å². The van der Waals surface area contributed by atoms with Gasteiger partial charge in [0.25, 0.3) is 0 Å². The molecule has 1 atom stereocenters. The molecule has 88 valence electrons. The Morgan fingerprint density at radius 1 is 1.19 bits per heavy atom. The maximum Gasteiger partial charge on any atom is 0.161 e. The highest BCUT2D eigenvalue weighted by molar-refractivity contribution is 5.45. The summed E-state index contributed by atoms with van der Waals surface area (Å²) >= 11 is 0. The first kappa shape index (κ1) is 11.3. The van der Waals surface area contributed by atoms with Crippen LogP contribution in [-0.2, 0) is 5.54 Å². The molecule has 0 spiro atoms. The van der Waals surface area contributed by atoms with Gasteiger partial charge in [0.15, 0.2) is 11.5 Å². The van der Waals surface area contributed by atoms with Crippen molar-refractivity contribution in [1.82, 2.24) is 0 Å². The van der Waals surface area contributed by atoms with Crippen molar-refractivity contribution in [3.63, 3.8) is 0 Å². The van der Waals surface area contributed by atoms with E-state index in [4.69, 9.17) is 15.2 Å². The number of methoxy groups -OCH3 is 2. The predicted octanol–water partition coefficient (Wildman–Crippen LogP) is 2.29. The molecule has 1 unspecified atom stereocenters. The molecule has 0 saturated heterocycles. The molecule has 1 fully saturated rings. The number of hydrogen-bond acceptors (Lipinski definition) is 3. The van der Waals surface area contributed by atoms with Crippen LogP contribution in [0.1, 0.15) is 25.3 Å². The summed E-state index contributed by atoms with van der Waals surface area (Å²) in [6.07, 6.45) is 2.45. The van der Waals surface area contributed by atoms with Crippen LogP contribution in [0.25, 0.3) is 0 Å². The Kier molecular flexibility index (Phi) is 2.80. The lowest BCUT2D eigenvalue weighted by Crippen LogP contribution is -2.35. The molecule has 0 heterocycles. The summed E-state index contributed by atoms with van der Waals surface area (Å²) in [5.74, 6) is 2.10. The maximum atomic E-state index is 6.36. The molecule has 2 rings (SSSR count). The van der Waals surface area contributed by atoms with Crippen LogP contribution in [0.4, 0.5) is 0 Å². The number of rotatable bonds is 4. The second-order valence-electron chi connectivity index (χ2n) is 4.63. The Bertz CT molecular complexity index is 384. The van der Waals surface area contributed by atoms with Gasteiger partial charge in [0.2, 0.25) is 0 Å². The first-order chi connectivity index (χ1) is 7.59. The zero-order valence-electron chi connectivity index (χ0n) is 10.1. The minimum Gasteiger partial charge on any atom is -0.493 e. The first-order valence-electron chi connectivity index (χ1n) is 5.61. The second-order valence-corrected chi connectivity index (χ2v) is 4.63. The van der Waals surface area contributed by atoms with Crippen molar-refractivity contribution >= 4 is 0 Å². The molecule has 0 amide bonds. The molecule has 3 nitrogen and oxygen atoms in total. The lowest BCUT2D eigenvalue weighted by atomic mass is 9.88. The SMILES string of the molecule is COc1ccc(C(C)(N)C2CC2)cc1OC. The number of hydrogen-bond donors (Lipinski definition) is 1. The van der Waals surface area contributed by atoms with E-state index in [2.05, 4.69) is 6.92 Å². The quantitative estimate of drug-likeness (QED) is 0.848. The van der Waals surface area contributed by atoms with E-state index < -0.39 is 0 Å². The van der Waals surface area contributed by atoms with Gasteiger partial charge in [0.1, 0.15) is 0 Å². The Morgan fingerprint density at radius 3 is 2.31 bits per heavy atom. The normalized spacial score (nSPS) is 19.0. The number of ether oxygens (including phenoxy) is 2. The van der Waals surface area contributed by atoms with Gasteiger partial charge in [0, 0.05) is 5.54 Å². The Labute approximate surface area is 96.5 Å². The monoisotopic (exact) mass is 221 g/mol. The van der Waals surface area contributed by atoms with Crippen molar-refractivity contribution in [2.45, 2.75) is 25.3 Å². The molecule has 0 radical (unpaired) electrons. The number of nitrogens with two attached hydrogens (primary N) is 1. The van der Waals surface area contributed by atoms with Crippen LogP contribution in [0.3, 0.4) is 0 Å². The van der Waals surface area contributed by atoms with Crippen LogP contribution < -0.4 is 15.2 Å². The molecule has 1 aliphatic carbocycles. The molecule has 1 aromatic carbocycles. The summed E-state index contributed by atoms with van der Waals surface area (Å²) in [4.78, 5) is 0. The third-order valence-electron chi connectivity index (χ3n) is 3.43. The van der Waals surface area contributed by atoms with E-state index in [0.29, 0.717) is 5.92 Å². The molecule has 1 aromatic rings. The van der Waals surface area contributed by atoms with Crippen LogP contribution >= 0.6 is 0 Å². The van der Waals surface area contributed by atoms with Gasteiger partial charge in [-0.1, -0.05) is 6.07 Å². The van der Waals surface area contributed by atoms with Gasteiger partial charge in [-0.15, -0.1) is 0 Å². The second kappa shape index (κ2) is 3.98. The Morgan fingerprint density at radius 2 is 1.81 bits per heavy atom. The molecule has 0 aromatic heterocycles. The van der Waals surface area contributed by atoms with Gasteiger partial charge in [-0.3, -0.25) is 0 Å². The molecule has 0 bridgehead atoms. The van der Waals surface area contributed by atoms with Crippen LogP contribution in [-0.4, -0.2) is 14.2 Å². The van der Waals surface area contributed by atoms with Gasteiger partial charge in [-0.2, -0.15) is 0 Å². The largest absolute Gasteiger partial charge is 0.493 e. The molecule has 16 heavy (non-hydrogen) atoms. The average Bonchev–Trinajstić information content (AvgIpc) is 3.12. The molecular formula is C13H19NO2. The van der Waals surface area contributed by atoms with Crippen molar-refractivity contribution in [3.05, 3.63) is 23.8 Å². The fourth-order valence-electron chi connectivity index (χ4n) is 2.09. The third-order valence-corrected chi connectivity index (χ3v) is 3.43. The fraction of sp³-hybridized carbons (Fsp3) is 0.538. The number of benzene rings is 1. The summed E-state index contributed by atoms with van der Waals surface area (Å²) in [6, 6.07) is 5.93. The first-order valence-corrected chi connectivity index (χ1v) is 5.61. The average molecular weight is 221 g/mol. The van der Waals surface area contributed by atoms with Crippen molar-refractivity contribution < 1.29 is 9.47 Å². The van der Waals surface area contributed by atoms with E-state index in [1.807, 2.05) is 18.2 Å². The minimum atomic E-state index is -0.250. The zero-order valence-corrected chi connectivity index (χ0v) is 10.1. The molecule has 0 aliphatic heterocycles. The van der Waals surface area contributed by atoms with Gasteiger partial charge in [-0.05, 0) is 43.4 Å². The molecule has 2 N–H and O–H groups in total. The maximum absolute atomic E-state index is 6.36. The summed E-state index contributed by atoms with van der Waals surface area (Å²) in [7, 11) is 3.28. The third kappa shape index (κ3) is 1.87. The lowest BCUT2D eigenvalue weighted by Gasteiger charge is -2.25. The van der Waals surface area contributed by atoms with Gasteiger partial charge in [-0.25, -0.2) is 0 Å². The standard InChI is InChI=1S/C13H19NO2/c1-13(14,9-4-5-9)10-6-7-11(15-2)12(8-10)16-3/h6-9H,4-5,14H2,1-3H3.